The molecule has 0 aliphatic carbocycles. The number of unbranched alkanes of at least 4 members (excludes halogenated alkanes) is 55. The minimum Gasteiger partial charge on any atom is -0.462 e. The second-order valence-corrected chi connectivity index (χ2v) is 25.6. The molecule has 0 spiro atoms. The second-order valence-electron chi connectivity index (χ2n) is 25.6. The van der Waals surface area contributed by atoms with Gasteiger partial charge in [0.05, 0.1) is 0 Å². The molecule has 1 unspecified atom stereocenters. The van der Waals surface area contributed by atoms with Gasteiger partial charge in [0, 0.05) is 19.3 Å². The molecular formula is C76H144O6. The number of allylic oxidation sites excluding steroid dienone is 4. The summed E-state index contributed by atoms with van der Waals surface area (Å²) < 4.78 is 16.9. The second kappa shape index (κ2) is 71.4. The maximum atomic E-state index is 12.9. The lowest BCUT2D eigenvalue weighted by molar-refractivity contribution is -0.167. The van der Waals surface area contributed by atoms with Gasteiger partial charge in [0.1, 0.15) is 13.2 Å². The number of rotatable bonds is 70. The summed E-state index contributed by atoms with van der Waals surface area (Å²) in [7, 11) is 0. The minimum absolute atomic E-state index is 0.0670. The summed E-state index contributed by atoms with van der Waals surface area (Å²) in [6.45, 7) is 6.69. The number of hydrogen-bond acceptors (Lipinski definition) is 6. The van der Waals surface area contributed by atoms with Crippen LogP contribution in [-0.4, -0.2) is 37.2 Å². The summed E-state index contributed by atoms with van der Waals surface area (Å²) in [5.74, 6) is -0.844. The van der Waals surface area contributed by atoms with Crippen molar-refractivity contribution >= 4 is 17.9 Å². The van der Waals surface area contributed by atoms with Crippen LogP contribution in [0.5, 0.6) is 0 Å². The van der Waals surface area contributed by atoms with Gasteiger partial charge >= 0.3 is 17.9 Å². The van der Waals surface area contributed by atoms with E-state index in [0.717, 1.165) is 64.2 Å². The number of hydrogen-bond donors (Lipinski definition) is 0. The zero-order chi connectivity index (χ0) is 59.2. The molecule has 0 saturated carbocycles. The van der Waals surface area contributed by atoms with E-state index in [4.69, 9.17) is 14.2 Å². The Kier molecular flexibility index (Phi) is 69.5. The molecule has 0 bridgehead atoms. The topological polar surface area (TPSA) is 78.9 Å². The van der Waals surface area contributed by atoms with Gasteiger partial charge in [0.2, 0.25) is 0 Å². The van der Waals surface area contributed by atoms with Crippen LogP contribution in [0.15, 0.2) is 24.3 Å². The van der Waals surface area contributed by atoms with Gasteiger partial charge < -0.3 is 14.2 Å². The Morgan fingerprint density at radius 2 is 0.439 bits per heavy atom. The van der Waals surface area contributed by atoms with Gasteiger partial charge in [-0.3, -0.25) is 14.4 Å². The quantitative estimate of drug-likeness (QED) is 0.0261. The maximum Gasteiger partial charge on any atom is 0.306 e. The number of carbonyl (C=O) groups excluding carboxylic acids is 3. The number of esters is 3. The number of carbonyl (C=O) groups is 3. The van der Waals surface area contributed by atoms with Crippen LogP contribution in [0.25, 0.3) is 0 Å². The smallest absolute Gasteiger partial charge is 0.306 e. The Labute approximate surface area is 513 Å². The molecule has 0 radical (unpaired) electrons. The van der Waals surface area contributed by atoms with E-state index in [9.17, 15) is 14.4 Å². The van der Waals surface area contributed by atoms with E-state index in [0.29, 0.717) is 19.3 Å². The molecule has 0 rings (SSSR count). The van der Waals surface area contributed by atoms with Gasteiger partial charge in [-0.25, -0.2) is 0 Å². The van der Waals surface area contributed by atoms with Crippen molar-refractivity contribution in [3.8, 4) is 0 Å². The van der Waals surface area contributed by atoms with E-state index in [-0.39, 0.29) is 31.1 Å². The third-order valence-electron chi connectivity index (χ3n) is 17.2. The fourth-order valence-corrected chi connectivity index (χ4v) is 11.6. The van der Waals surface area contributed by atoms with Gasteiger partial charge in [-0.15, -0.1) is 0 Å². The fourth-order valence-electron chi connectivity index (χ4n) is 11.6. The average Bonchev–Trinajstić information content (AvgIpc) is 3.48. The summed E-state index contributed by atoms with van der Waals surface area (Å²) in [5.41, 5.74) is 0. The van der Waals surface area contributed by atoms with E-state index < -0.39 is 6.10 Å². The lowest BCUT2D eigenvalue weighted by atomic mass is 10.0. The predicted octanol–water partition coefficient (Wildman–Crippen LogP) is 25.7. The first-order valence-corrected chi connectivity index (χ1v) is 37.3. The Hall–Kier alpha value is -2.11. The van der Waals surface area contributed by atoms with Crippen LogP contribution in [-0.2, 0) is 28.6 Å². The van der Waals surface area contributed by atoms with Gasteiger partial charge in [0.25, 0.3) is 0 Å². The summed E-state index contributed by atoms with van der Waals surface area (Å²) in [6.07, 6.45) is 88.2. The first-order chi connectivity index (χ1) is 40.5. The molecule has 0 amide bonds. The van der Waals surface area contributed by atoms with Gasteiger partial charge in [-0.05, 0) is 51.4 Å². The molecule has 6 heteroatoms. The molecular weight excluding hydrogens is 1010 g/mol. The van der Waals surface area contributed by atoms with Gasteiger partial charge in [-0.2, -0.15) is 0 Å². The monoisotopic (exact) mass is 1150 g/mol. The van der Waals surface area contributed by atoms with Crippen LogP contribution < -0.4 is 0 Å². The van der Waals surface area contributed by atoms with Gasteiger partial charge in [-0.1, -0.05) is 379 Å². The molecule has 0 saturated heterocycles. The molecule has 0 aliphatic rings. The summed E-state index contributed by atoms with van der Waals surface area (Å²) in [6, 6.07) is 0. The normalized spacial score (nSPS) is 12.1. The zero-order valence-electron chi connectivity index (χ0n) is 55.8. The molecule has 484 valence electrons. The highest BCUT2D eigenvalue weighted by Crippen LogP contribution is 2.19. The van der Waals surface area contributed by atoms with Crippen LogP contribution in [0.1, 0.15) is 425 Å². The summed E-state index contributed by atoms with van der Waals surface area (Å²) in [4.78, 5) is 38.3. The molecule has 82 heavy (non-hydrogen) atoms. The van der Waals surface area contributed by atoms with Crippen molar-refractivity contribution in [2.75, 3.05) is 13.2 Å². The molecule has 0 fully saturated rings. The molecule has 6 nitrogen and oxygen atoms in total. The van der Waals surface area contributed by atoms with Crippen LogP contribution in [0.4, 0.5) is 0 Å². The van der Waals surface area contributed by atoms with Crippen molar-refractivity contribution in [1.29, 1.82) is 0 Å². The number of ether oxygens (including phenoxy) is 3. The first-order valence-electron chi connectivity index (χ1n) is 37.3. The molecule has 1 atom stereocenters. The lowest BCUT2D eigenvalue weighted by Crippen LogP contribution is -2.30. The van der Waals surface area contributed by atoms with Crippen LogP contribution >= 0.6 is 0 Å². The maximum absolute atomic E-state index is 12.9. The highest BCUT2D eigenvalue weighted by Gasteiger charge is 2.20. The van der Waals surface area contributed by atoms with E-state index in [1.165, 1.54) is 321 Å². The summed E-state index contributed by atoms with van der Waals surface area (Å²) >= 11 is 0. The third kappa shape index (κ3) is 68.7. The van der Waals surface area contributed by atoms with Crippen LogP contribution in [0, 0.1) is 0 Å². The molecule has 0 N–H and O–H groups in total. The molecule has 0 aromatic heterocycles. The van der Waals surface area contributed by atoms with E-state index in [1.54, 1.807) is 0 Å². The summed E-state index contributed by atoms with van der Waals surface area (Å²) in [5, 5.41) is 0. The predicted molar refractivity (Wildman–Crippen MR) is 358 cm³/mol. The standard InChI is InChI=1S/C76H144O6/c1-4-7-10-13-16-19-21-23-25-27-29-31-32-33-34-35-36-37-38-39-40-41-42-43-45-46-48-50-52-54-57-60-63-66-69-75(78)81-72-73(71-80-74(77)68-65-62-59-56-18-15-12-9-6-3)82-76(79)70-67-64-61-58-55-53-51-49-47-44-30-28-26-24-22-20-17-14-11-8-5-2/h22,24,28,30,73H,4-21,23,25-27,29,31-72H2,1-3H3/b24-22-,30-28-. The minimum atomic E-state index is -0.770. The van der Waals surface area contributed by atoms with Crippen molar-refractivity contribution in [2.24, 2.45) is 0 Å². The average molecular weight is 1150 g/mol. The van der Waals surface area contributed by atoms with Gasteiger partial charge in [0.15, 0.2) is 6.10 Å². The largest absolute Gasteiger partial charge is 0.462 e. The highest BCUT2D eigenvalue weighted by atomic mass is 16.6. The SMILES string of the molecule is CCCCCCC/C=C\C/C=C\CCCCCCCCCCCC(=O)OC(COC(=O)CCCCCCCCCCC)COC(=O)CCCCCCCCCCCCCCCCCCCCCCCCCCCCCCCCCCCC. The Morgan fingerprint density at radius 3 is 0.671 bits per heavy atom. The third-order valence-corrected chi connectivity index (χ3v) is 17.2. The Bertz CT molecular complexity index is 1320. The van der Waals surface area contributed by atoms with E-state index in [1.807, 2.05) is 0 Å². The van der Waals surface area contributed by atoms with E-state index in [2.05, 4.69) is 45.1 Å². The van der Waals surface area contributed by atoms with Crippen LogP contribution in [0.3, 0.4) is 0 Å². The Morgan fingerprint density at radius 1 is 0.244 bits per heavy atom. The molecule has 0 aromatic rings. The lowest BCUT2D eigenvalue weighted by Gasteiger charge is -2.18. The van der Waals surface area contributed by atoms with Crippen molar-refractivity contribution in [1.82, 2.24) is 0 Å². The van der Waals surface area contributed by atoms with Crippen molar-refractivity contribution in [3.63, 3.8) is 0 Å². The van der Waals surface area contributed by atoms with E-state index >= 15 is 0 Å². The molecule has 0 heterocycles. The fraction of sp³-hybridized carbons (Fsp3) is 0.908. The van der Waals surface area contributed by atoms with Crippen molar-refractivity contribution in [3.05, 3.63) is 24.3 Å². The Balaban J connectivity index is 4.00. The van der Waals surface area contributed by atoms with Crippen LogP contribution in [0.2, 0.25) is 0 Å². The zero-order valence-corrected chi connectivity index (χ0v) is 55.8. The highest BCUT2D eigenvalue weighted by molar-refractivity contribution is 5.71. The van der Waals surface area contributed by atoms with Crippen molar-refractivity contribution < 1.29 is 28.6 Å². The first kappa shape index (κ1) is 79.9. The molecule has 0 aliphatic heterocycles. The van der Waals surface area contributed by atoms with Crippen molar-refractivity contribution in [2.45, 2.75) is 431 Å². The molecule has 0 aromatic carbocycles.